The lowest BCUT2D eigenvalue weighted by molar-refractivity contribution is 0.0693. The Morgan fingerprint density at radius 2 is 2.14 bits per heavy atom. The Bertz CT molecular complexity index is 709. The molecule has 5 nitrogen and oxygen atoms in total. The Hall–Kier alpha value is -2.56. The minimum absolute atomic E-state index is 0.0207. The number of para-hydroxylation sites is 1. The van der Waals surface area contributed by atoms with Crippen molar-refractivity contribution in [3.05, 3.63) is 47.8 Å². The monoisotopic (exact) mass is 285 g/mol. The van der Waals surface area contributed by atoms with E-state index in [1.807, 2.05) is 26.0 Å². The van der Waals surface area contributed by atoms with Crippen LogP contribution in [0.1, 0.15) is 29.8 Å². The van der Waals surface area contributed by atoms with Crippen molar-refractivity contribution in [3.63, 3.8) is 0 Å². The van der Waals surface area contributed by atoms with Gasteiger partial charge in [-0.25, -0.2) is 4.79 Å². The number of ether oxygens (including phenoxy) is 2. The standard InChI is InChI=1S/C16H15NO4/c1-16(2)8-10-4-3-5-13(14(10)21-16)20-12-6-7-17-9-11(12)15(18)19/h3-7,9H,8H2,1-2H3,(H,18,19). The molecule has 0 bridgehead atoms. The third-order valence-electron chi connectivity index (χ3n) is 3.29. The Morgan fingerprint density at radius 3 is 2.90 bits per heavy atom. The number of carboxylic acid groups (broad SMARTS) is 1. The van der Waals surface area contributed by atoms with Gasteiger partial charge in [0.05, 0.1) is 0 Å². The summed E-state index contributed by atoms with van der Waals surface area (Å²) in [5, 5.41) is 9.17. The number of benzene rings is 1. The minimum Gasteiger partial charge on any atom is -0.483 e. The number of rotatable bonds is 3. The van der Waals surface area contributed by atoms with Crippen molar-refractivity contribution in [1.29, 1.82) is 0 Å². The summed E-state index contributed by atoms with van der Waals surface area (Å²) < 4.78 is 11.7. The summed E-state index contributed by atoms with van der Waals surface area (Å²) in [5.41, 5.74) is 0.797. The van der Waals surface area contributed by atoms with Gasteiger partial charge in [0.1, 0.15) is 16.9 Å². The summed E-state index contributed by atoms with van der Waals surface area (Å²) in [4.78, 5) is 15.0. The number of carbonyl (C=O) groups is 1. The smallest absolute Gasteiger partial charge is 0.341 e. The molecule has 1 N–H and O–H groups in total. The minimum atomic E-state index is -1.08. The molecule has 0 radical (unpaired) electrons. The first-order chi connectivity index (χ1) is 9.96. The molecular weight excluding hydrogens is 270 g/mol. The first kappa shape index (κ1) is 13.4. The summed E-state index contributed by atoms with van der Waals surface area (Å²) in [7, 11) is 0. The van der Waals surface area contributed by atoms with Crippen LogP contribution in [0, 0.1) is 0 Å². The third kappa shape index (κ3) is 2.54. The zero-order valence-electron chi connectivity index (χ0n) is 11.8. The lowest BCUT2D eigenvalue weighted by atomic mass is 10.0. The van der Waals surface area contributed by atoms with Gasteiger partial charge in [-0.3, -0.25) is 4.98 Å². The summed E-state index contributed by atoms with van der Waals surface area (Å²) in [6, 6.07) is 7.16. The molecule has 1 aliphatic heterocycles. The van der Waals surface area contributed by atoms with E-state index in [2.05, 4.69) is 4.98 Å². The maximum Gasteiger partial charge on any atom is 0.341 e. The number of hydrogen-bond donors (Lipinski definition) is 1. The van der Waals surface area contributed by atoms with Crippen LogP contribution >= 0.6 is 0 Å². The predicted octanol–water partition coefficient (Wildman–Crippen LogP) is 3.29. The summed E-state index contributed by atoms with van der Waals surface area (Å²) in [5.74, 6) is 0.369. The van der Waals surface area contributed by atoms with Gasteiger partial charge in [0.15, 0.2) is 11.5 Å². The molecule has 0 amide bonds. The van der Waals surface area contributed by atoms with Crippen molar-refractivity contribution in [2.24, 2.45) is 0 Å². The molecule has 21 heavy (non-hydrogen) atoms. The fourth-order valence-electron chi connectivity index (χ4n) is 2.42. The first-order valence-electron chi connectivity index (χ1n) is 6.62. The first-order valence-corrected chi connectivity index (χ1v) is 6.62. The quantitative estimate of drug-likeness (QED) is 0.937. The van der Waals surface area contributed by atoms with Crippen LogP contribution in [0.25, 0.3) is 0 Å². The van der Waals surface area contributed by atoms with Crippen LogP contribution in [-0.2, 0) is 6.42 Å². The molecule has 1 aromatic heterocycles. The summed E-state index contributed by atoms with van der Waals surface area (Å²) in [6.45, 7) is 4.01. The normalized spacial score (nSPS) is 15.1. The van der Waals surface area contributed by atoms with Gasteiger partial charge in [-0.05, 0) is 19.9 Å². The zero-order chi connectivity index (χ0) is 15.0. The van der Waals surface area contributed by atoms with Gasteiger partial charge in [0, 0.05) is 30.4 Å². The fourth-order valence-corrected chi connectivity index (χ4v) is 2.42. The van der Waals surface area contributed by atoms with Crippen molar-refractivity contribution in [2.45, 2.75) is 25.9 Å². The second-order valence-corrected chi connectivity index (χ2v) is 5.56. The van der Waals surface area contributed by atoms with Gasteiger partial charge >= 0.3 is 5.97 Å². The number of hydrogen-bond acceptors (Lipinski definition) is 4. The van der Waals surface area contributed by atoms with Crippen molar-refractivity contribution in [2.75, 3.05) is 0 Å². The van der Waals surface area contributed by atoms with E-state index in [1.54, 1.807) is 6.07 Å². The molecular formula is C16H15NO4. The van der Waals surface area contributed by atoms with Gasteiger partial charge in [-0.2, -0.15) is 0 Å². The molecule has 0 saturated heterocycles. The van der Waals surface area contributed by atoms with E-state index >= 15 is 0 Å². The molecule has 2 aromatic rings. The van der Waals surface area contributed by atoms with Crippen LogP contribution in [0.3, 0.4) is 0 Å². The lowest BCUT2D eigenvalue weighted by Gasteiger charge is -2.18. The van der Waals surface area contributed by atoms with Crippen LogP contribution in [-0.4, -0.2) is 21.7 Å². The molecule has 0 spiro atoms. The van der Waals surface area contributed by atoms with Crippen molar-refractivity contribution in [1.82, 2.24) is 4.98 Å². The van der Waals surface area contributed by atoms with E-state index in [-0.39, 0.29) is 16.9 Å². The number of carboxylic acids is 1. The van der Waals surface area contributed by atoms with Gasteiger partial charge in [0.25, 0.3) is 0 Å². The maximum absolute atomic E-state index is 11.2. The average Bonchev–Trinajstić information content (AvgIpc) is 2.74. The Kier molecular flexibility index (Phi) is 3.05. The van der Waals surface area contributed by atoms with Crippen LogP contribution < -0.4 is 9.47 Å². The highest BCUT2D eigenvalue weighted by Gasteiger charge is 2.32. The third-order valence-corrected chi connectivity index (χ3v) is 3.29. The van der Waals surface area contributed by atoms with Crippen LogP contribution in [0.15, 0.2) is 36.7 Å². The van der Waals surface area contributed by atoms with Gasteiger partial charge < -0.3 is 14.6 Å². The summed E-state index contributed by atoms with van der Waals surface area (Å²) in [6.07, 6.45) is 3.56. The molecule has 108 valence electrons. The maximum atomic E-state index is 11.2. The SMILES string of the molecule is CC1(C)Cc2cccc(Oc3ccncc3C(=O)O)c2O1. The second kappa shape index (κ2) is 4.77. The molecule has 3 rings (SSSR count). The van der Waals surface area contributed by atoms with Crippen molar-refractivity contribution >= 4 is 5.97 Å². The molecule has 0 atom stereocenters. The van der Waals surface area contributed by atoms with Gasteiger partial charge in [-0.15, -0.1) is 0 Å². The zero-order valence-corrected chi connectivity index (χ0v) is 11.8. The van der Waals surface area contributed by atoms with Gasteiger partial charge in [0.2, 0.25) is 0 Å². The number of aromatic carboxylic acids is 1. The fraction of sp³-hybridized carbons (Fsp3) is 0.250. The Balaban J connectivity index is 1.98. The highest BCUT2D eigenvalue weighted by Crippen LogP contribution is 2.43. The highest BCUT2D eigenvalue weighted by atomic mass is 16.5. The molecule has 0 fully saturated rings. The van der Waals surface area contributed by atoms with E-state index in [4.69, 9.17) is 14.6 Å². The predicted molar refractivity (Wildman–Crippen MR) is 76.1 cm³/mol. The lowest BCUT2D eigenvalue weighted by Crippen LogP contribution is -2.24. The van der Waals surface area contributed by atoms with Crippen LogP contribution in [0.2, 0.25) is 0 Å². The molecule has 5 heteroatoms. The van der Waals surface area contributed by atoms with Crippen LogP contribution in [0.5, 0.6) is 17.2 Å². The van der Waals surface area contributed by atoms with E-state index in [9.17, 15) is 4.79 Å². The number of pyridine rings is 1. The molecule has 0 aliphatic carbocycles. The molecule has 1 aliphatic rings. The second-order valence-electron chi connectivity index (χ2n) is 5.56. The van der Waals surface area contributed by atoms with E-state index in [0.29, 0.717) is 11.5 Å². The summed E-state index contributed by atoms with van der Waals surface area (Å²) >= 11 is 0. The number of fused-ring (bicyclic) bond motifs is 1. The average molecular weight is 285 g/mol. The van der Waals surface area contributed by atoms with Crippen molar-refractivity contribution < 1.29 is 19.4 Å². The van der Waals surface area contributed by atoms with E-state index in [1.165, 1.54) is 18.5 Å². The Labute approximate surface area is 122 Å². The number of nitrogens with zero attached hydrogens (tertiary/aromatic N) is 1. The van der Waals surface area contributed by atoms with E-state index in [0.717, 1.165) is 12.0 Å². The highest BCUT2D eigenvalue weighted by molar-refractivity contribution is 5.90. The van der Waals surface area contributed by atoms with Crippen molar-refractivity contribution in [3.8, 4) is 17.2 Å². The molecule has 2 heterocycles. The topological polar surface area (TPSA) is 68.7 Å². The molecule has 0 saturated carbocycles. The molecule has 0 unspecified atom stereocenters. The largest absolute Gasteiger partial charge is 0.483 e. The van der Waals surface area contributed by atoms with Gasteiger partial charge in [-0.1, -0.05) is 12.1 Å². The number of aromatic nitrogens is 1. The van der Waals surface area contributed by atoms with E-state index < -0.39 is 5.97 Å². The van der Waals surface area contributed by atoms with Crippen LogP contribution in [0.4, 0.5) is 0 Å². The molecule has 1 aromatic carbocycles. The Morgan fingerprint density at radius 1 is 1.33 bits per heavy atom.